The Bertz CT molecular complexity index is 1120. The standard InChI is InChI=1S/C25H28FN3O2.H2O/c1-17-22(10-18-6-8-20(9-7-18)24(27)30)21-4-2-3-5-23(21)29(17)13-19-11-28(12-19)14-25(26)15-31-16-25;/h2-9,19H,10-16H2,1H3,(H2,27,30);1H2. The van der Waals surface area contributed by atoms with Crippen LogP contribution in [0.3, 0.4) is 0 Å². The zero-order valence-electron chi connectivity index (χ0n) is 18.3. The summed E-state index contributed by atoms with van der Waals surface area (Å²) in [7, 11) is 0. The van der Waals surface area contributed by atoms with Crippen LogP contribution < -0.4 is 5.73 Å². The first-order valence-corrected chi connectivity index (χ1v) is 10.9. The van der Waals surface area contributed by atoms with E-state index in [9.17, 15) is 9.18 Å². The Hall–Kier alpha value is -2.74. The molecule has 2 saturated heterocycles. The number of alkyl halides is 1. The highest BCUT2D eigenvalue weighted by atomic mass is 19.1. The normalized spacial score (nSPS) is 18.1. The lowest BCUT2D eigenvalue weighted by Gasteiger charge is -2.45. The van der Waals surface area contributed by atoms with Crippen LogP contribution in [-0.4, -0.2) is 59.4 Å². The van der Waals surface area contributed by atoms with Crippen LogP contribution in [0.25, 0.3) is 10.9 Å². The zero-order valence-corrected chi connectivity index (χ0v) is 18.3. The number of fused-ring (bicyclic) bond motifs is 1. The van der Waals surface area contributed by atoms with E-state index in [1.54, 1.807) is 12.1 Å². The van der Waals surface area contributed by atoms with Gasteiger partial charge in [-0.25, -0.2) is 4.39 Å². The van der Waals surface area contributed by atoms with E-state index in [1.807, 2.05) is 12.1 Å². The molecule has 0 unspecified atom stereocenters. The van der Waals surface area contributed by atoms with Crippen molar-refractivity contribution in [3.05, 3.63) is 70.9 Å². The third kappa shape index (κ3) is 4.16. The minimum absolute atomic E-state index is 0. The number of aromatic nitrogens is 1. The monoisotopic (exact) mass is 439 g/mol. The van der Waals surface area contributed by atoms with Gasteiger partial charge in [-0.3, -0.25) is 9.69 Å². The van der Waals surface area contributed by atoms with E-state index in [2.05, 4.69) is 40.7 Å². The van der Waals surface area contributed by atoms with Crippen LogP contribution >= 0.6 is 0 Å². The second kappa shape index (κ2) is 8.65. The lowest BCUT2D eigenvalue weighted by atomic mass is 9.95. The van der Waals surface area contributed by atoms with Gasteiger partial charge in [-0.05, 0) is 42.7 Å². The van der Waals surface area contributed by atoms with E-state index in [1.165, 1.54) is 22.2 Å². The molecule has 0 radical (unpaired) electrons. The fraction of sp³-hybridized carbons (Fsp3) is 0.400. The van der Waals surface area contributed by atoms with Gasteiger partial charge in [-0.1, -0.05) is 30.3 Å². The molecule has 32 heavy (non-hydrogen) atoms. The van der Waals surface area contributed by atoms with Crippen LogP contribution in [0.1, 0.15) is 27.2 Å². The summed E-state index contributed by atoms with van der Waals surface area (Å²) >= 11 is 0. The fourth-order valence-corrected chi connectivity index (χ4v) is 4.95. The van der Waals surface area contributed by atoms with Gasteiger partial charge in [-0.15, -0.1) is 0 Å². The maximum Gasteiger partial charge on any atom is 0.248 e. The number of primary amides is 1. The first-order valence-electron chi connectivity index (χ1n) is 10.9. The maximum atomic E-state index is 14.3. The fourth-order valence-electron chi connectivity index (χ4n) is 4.95. The number of hydrogen-bond acceptors (Lipinski definition) is 3. The largest absolute Gasteiger partial charge is 0.412 e. The summed E-state index contributed by atoms with van der Waals surface area (Å²) in [5.74, 6) is 0.124. The van der Waals surface area contributed by atoms with Gasteiger partial charge in [0.2, 0.25) is 5.91 Å². The van der Waals surface area contributed by atoms with Crippen molar-refractivity contribution < 1.29 is 19.4 Å². The number of para-hydroxylation sites is 1. The second-order valence-corrected chi connectivity index (χ2v) is 9.13. The predicted octanol–water partition coefficient (Wildman–Crippen LogP) is 2.49. The van der Waals surface area contributed by atoms with E-state index in [0.717, 1.165) is 31.6 Å². The molecular weight excluding hydrogens is 409 g/mol. The summed E-state index contributed by atoms with van der Waals surface area (Å²) < 4.78 is 21.7. The summed E-state index contributed by atoms with van der Waals surface area (Å²) in [6.45, 7) is 5.95. The highest BCUT2D eigenvalue weighted by molar-refractivity contribution is 5.92. The molecule has 2 aliphatic heterocycles. The third-order valence-corrected chi connectivity index (χ3v) is 6.68. The lowest BCUT2D eigenvalue weighted by molar-refractivity contribution is -0.150. The van der Waals surface area contributed by atoms with Crippen LogP contribution in [0, 0.1) is 12.8 Å². The van der Waals surface area contributed by atoms with Crippen molar-refractivity contribution in [2.75, 3.05) is 32.8 Å². The summed E-state index contributed by atoms with van der Waals surface area (Å²) in [5.41, 5.74) is 9.74. The van der Waals surface area contributed by atoms with Crippen molar-refractivity contribution in [2.45, 2.75) is 25.6 Å². The molecule has 3 aromatic rings. The van der Waals surface area contributed by atoms with Gasteiger partial charge in [-0.2, -0.15) is 0 Å². The van der Waals surface area contributed by atoms with Crippen molar-refractivity contribution in [1.82, 2.24) is 9.47 Å². The highest BCUT2D eigenvalue weighted by Gasteiger charge is 2.43. The Labute approximate surface area is 187 Å². The Morgan fingerprint density at radius 3 is 2.47 bits per heavy atom. The molecule has 6 nitrogen and oxygen atoms in total. The molecule has 0 saturated carbocycles. The molecule has 2 aromatic carbocycles. The van der Waals surface area contributed by atoms with Crippen molar-refractivity contribution in [3.8, 4) is 0 Å². The number of ether oxygens (including phenoxy) is 1. The number of nitrogens with zero attached hydrogens (tertiary/aromatic N) is 2. The molecule has 0 spiro atoms. The number of rotatable bonds is 7. The topological polar surface area (TPSA) is 92.0 Å². The molecule has 2 aliphatic rings. The number of hydrogen-bond donors (Lipinski definition) is 1. The van der Waals surface area contributed by atoms with E-state index < -0.39 is 11.6 Å². The minimum atomic E-state index is -1.14. The molecule has 0 bridgehead atoms. The summed E-state index contributed by atoms with van der Waals surface area (Å²) in [5, 5.41) is 1.27. The highest BCUT2D eigenvalue weighted by Crippen LogP contribution is 2.32. The quantitative estimate of drug-likeness (QED) is 0.613. The lowest BCUT2D eigenvalue weighted by Crippen LogP contribution is -2.59. The minimum Gasteiger partial charge on any atom is -0.412 e. The number of nitrogens with two attached hydrogens (primary N) is 1. The Morgan fingerprint density at radius 2 is 1.84 bits per heavy atom. The van der Waals surface area contributed by atoms with Crippen LogP contribution in [0.5, 0.6) is 0 Å². The van der Waals surface area contributed by atoms with Crippen molar-refractivity contribution >= 4 is 16.8 Å². The maximum absolute atomic E-state index is 14.3. The molecule has 170 valence electrons. The van der Waals surface area contributed by atoms with Gasteiger partial charge in [0, 0.05) is 54.3 Å². The van der Waals surface area contributed by atoms with Crippen molar-refractivity contribution in [3.63, 3.8) is 0 Å². The van der Waals surface area contributed by atoms with Gasteiger partial charge in [0.15, 0.2) is 5.67 Å². The Morgan fingerprint density at radius 1 is 1.16 bits per heavy atom. The third-order valence-electron chi connectivity index (χ3n) is 6.68. The van der Waals surface area contributed by atoms with Gasteiger partial charge in [0.1, 0.15) is 0 Å². The van der Waals surface area contributed by atoms with Crippen molar-refractivity contribution in [2.24, 2.45) is 11.7 Å². The number of carbonyl (C=O) groups excluding carboxylic acids is 1. The molecule has 3 heterocycles. The number of benzene rings is 2. The number of likely N-dealkylation sites (tertiary alicyclic amines) is 1. The second-order valence-electron chi connectivity index (χ2n) is 9.13. The smallest absolute Gasteiger partial charge is 0.248 e. The van der Waals surface area contributed by atoms with E-state index >= 15 is 0 Å². The van der Waals surface area contributed by atoms with E-state index in [0.29, 0.717) is 18.0 Å². The Kier molecular flexibility index (Phi) is 6.07. The van der Waals surface area contributed by atoms with Crippen LogP contribution in [0.15, 0.2) is 48.5 Å². The molecule has 7 heteroatoms. The number of amides is 1. The summed E-state index contributed by atoms with van der Waals surface area (Å²) in [6, 6.07) is 16.1. The van der Waals surface area contributed by atoms with Gasteiger partial charge >= 0.3 is 0 Å². The molecule has 4 N–H and O–H groups in total. The molecule has 1 aromatic heterocycles. The predicted molar refractivity (Wildman–Crippen MR) is 123 cm³/mol. The molecule has 0 atom stereocenters. The number of carbonyl (C=O) groups is 1. The first kappa shape index (κ1) is 22.5. The van der Waals surface area contributed by atoms with Crippen LogP contribution in [0.2, 0.25) is 0 Å². The van der Waals surface area contributed by atoms with Gasteiger partial charge < -0.3 is 20.5 Å². The van der Waals surface area contributed by atoms with E-state index in [-0.39, 0.29) is 18.7 Å². The molecule has 0 aliphatic carbocycles. The Balaban J connectivity index is 0.00000245. The van der Waals surface area contributed by atoms with Crippen molar-refractivity contribution in [1.29, 1.82) is 0 Å². The van der Waals surface area contributed by atoms with Crippen LogP contribution in [0.4, 0.5) is 4.39 Å². The van der Waals surface area contributed by atoms with Crippen LogP contribution in [-0.2, 0) is 17.7 Å². The van der Waals surface area contributed by atoms with Gasteiger partial charge in [0.25, 0.3) is 0 Å². The summed E-state index contributed by atoms with van der Waals surface area (Å²) in [4.78, 5) is 13.6. The van der Waals surface area contributed by atoms with E-state index in [4.69, 9.17) is 10.5 Å². The number of halogens is 1. The molecule has 1 amide bonds. The molecule has 2 fully saturated rings. The van der Waals surface area contributed by atoms with Gasteiger partial charge in [0.05, 0.1) is 13.2 Å². The average molecular weight is 440 g/mol. The molecule has 5 rings (SSSR count). The molecular formula is C25H30FN3O3. The summed E-state index contributed by atoms with van der Waals surface area (Å²) in [6.07, 6.45) is 0.805. The average Bonchev–Trinajstić information content (AvgIpc) is 2.97. The zero-order chi connectivity index (χ0) is 21.6. The first-order chi connectivity index (χ1) is 14.9. The SMILES string of the molecule is Cc1c(Cc2ccc(C(N)=O)cc2)c2ccccc2n1CC1CN(CC2(F)COC2)C1.O.